The first-order valence-corrected chi connectivity index (χ1v) is 12.9. The maximum absolute atomic E-state index is 6.66. The minimum Gasteiger partial charge on any atom is -0.427 e. The zero-order valence-electron chi connectivity index (χ0n) is 10.9. The third kappa shape index (κ3) is 3.71. The van der Waals surface area contributed by atoms with Gasteiger partial charge >= 0.3 is 15.3 Å². The Balaban J connectivity index is 2.25. The van der Waals surface area contributed by atoms with E-state index < -0.39 is 15.3 Å². The zero-order valence-corrected chi connectivity index (χ0v) is 14.4. The fourth-order valence-corrected chi connectivity index (χ4v) is 11.2. The summed E-state index contributed by atoms with van der Waals surface area (Å²) < 4.78 is 6.21. The maximum atomic E-state index is 6.66. The lowest BCUT2D eigenvalue weighted by Gasteiger charge is -2.30. The summed E-state index contributed by atoms with van der Waals surface area (Å²) in [6, 6.07) is 19.9. The highest BCUT2D eigenvalue weighted by molar-refractivity contribution is 7.32. The van der Waals surface area contributed by atoms with E-state index in [-0.39, 0.29) is 0 Å². The minimum absolute atomic E-state index is 1.05. The molecule has 2 aromatic carbocycles. The predicted molar refractivity (Wildman–Crippen MR) is 88.2 cm³/mol. The van der Waals surface area contributed by atoms with Crippen molar-refractivity contribution in [3.8, 4) is 0 Å². The maximum Gasteiger partial charge on any atom is 0.310 e. The Morgan fingerprint density at radius 2 is 1.00 bits per heavy atom. The number of benzene rings is 2. The second-order valence-electron chi connectivity index (χ2n) is 4.67. The summed E-state index contributed by atoms with van der Waals surface area (Å²) >= 11 is 13.3. The number of hydrogen-bond donors (Lipinski definition) is 0. The fourth-order valence-electron chi connectivity index (χ4n) is 1.95. The van der Waals surface area contributed by atoms with Crippen molar-refractivity contribution in [1.29, 1.82) is 0 Å². The summed E-state index contributed by atoms with van der Waals surface area (Å²) in [5.41, 5.74) is 0. The van der Waals surface area contributed by atoms with Crippen molar-refractivity contribution in [2.24, 2.45) is 0 Å². The Labute approximate surface area is 125 Å². The van der Waals surface area contributed by atoms with Gasteiger partial charge in [0.25, 0.3) is 0 Å². The van der Waals surface area contributed by atoms with Crippen molar-refractivity contribution < 1.29 is 4.12 Å². The molecule has 0 aromatic heterocycles. The Bertz CT molecular complexity index is 480. The van der Waals surface area contributed by atoms with Gasteiger partial charge in [-0.3, -0.25) is 0 Å². The van der Waals surface area contributed by atoms with Gasteiger partial charge in [-0.2, -0.15) is 0 Å². The van der Waals surface area contributed by atoms with E-state index in [2.05, 4.69) is 0 Å². The molecule has 0 aliphatic carbocycles. The molecule has 0 heterocycles. The van der Waals surface area contributed by atoms with E-state index >= 15 is 0 Å². The molecule has 100 valence electrons. The van der Waals surface area contributed by atoms with Crippen LogP contribution in [0.3, 0.4) is 0 Å². The summed E-state index contributed by atoms with van der Waals surface area (Å²) in [6.45, 7) is 3.95. The molecule has 2 rings (SSSR count). The first-order chi connectivity index (χ1) is 8.92. The van der Waals surface area contributed by atoms with Crippen molar-refractivity contribution in [3.05, 3.63) is 60.7 Å². The van der Waals surface area contributed by atoms with Crippen molar-refractivity contribution in [3.63, 3.8) is 0 Å². The molecule has 2 aromatic rings. The molecule has 0 amide bonds. The Hall–Kier alpha value is -0.586. The highest BCUT2D eigenvalue weighted by Crippen LogP contribution is 2.21. The molecule has 0 bridgehead atoms. The largest absolute Gasteiger partial charge is 0.427 e. The molecule has 0 N–H and O–H groups in total. The van der Waals surface area contributed by atoms with Crippen LogP contribution in [0, 0.1) is 0 Å². The summed E-state index contributed by atoms with van der Waals surface area (Å²) in [5.74, 6) is 0. The SMILES string of the molecule is C[Si@@](Cl)(O[Si@@](C)(Cl)c1ccccc1)c1ccccc1. The third-order valence-corrected chi connectivity index (χ3v) is 11.5. The van der Waals surface area contributed by atoms with Gasteiger partial charge in [-0.15, -0.1) is 22.2 Å². The van der Waals surface area contributed by atoms with Crippen LogP contribution in [0.1, 0.15) is 0 Å². The Morgan fingerprint density at radius 1 is 0.684 bits per heavy atom. The van der Waals surface area contributed by atoms with E-state index in [4.69, 9.17) is 26.3 Å². The summed E-state index contributed by atoms with van der Waals surface area (Å²) in [7, 11) is -4.99. The Morgan fingerprint density at radius 3 is 1.32 bits per heavy atom. The van der Waals surface area contributed by atoms with Gasteiger partial charge in [0.1, 0.15) is 0 Å². The monoisotopic (exact) mass is 326 g/mol. The lowest BCUT2D eigenvalue weighted by molar-refractivity contribution is 0.602. The van der Waals surface area contributed by atoms with E-state index in [1.807, 2.05) is 73.8 Å². The highest BCUT2D eigenvalue weighted by atomic mass is 35.6. The molecule has 0 aliphatic rings. The summed E-state index contributed by atoms with van der Waals surface area (Å²) in [5, 5.41) is 2.10. The Kier molecular flexibility index (Phi) is 4.53. The zero-order chi connectivity index (χ0) is 13.9. The molecule has 5 heteroatoms. The topological polar surface area (TPSA) is 9.23 Å². The van der Waals surface area contributed by atoms with Crippen LogP contribution in [0.25, 0.3) is 0 Å². The van der Waals surface area contributed by atoms with Crippen molar-refractivity contribution in [2.75, 3.05) is 0 Å². The van der Waals surface area contributed by atoms with Crippen LogP contribution in [0.5, 0.6) is 0 Å². The third-order valence-electron chi connectivity index (χ3n) is 2.96. The van der Waals surface area contributed by atoms with E-state index in [9.17, 15) is 0 Å². The lowest BCUT2D eigenvalue weighted by atomic mass is 10.4. The molecule has 0 saturated carbocycles. The molecule has 0 saturated heterocycles. The highest BCUT2D eigenvalue weighted by Gasteiger charge is 2.40. The van der Waals surface area contributed by atoms with Gasteiger partial charge in [-0.25, -0.2) is 0 Å². The van der Waals surface area contributed by atoms with Crippen LogP contribution in [0.4, 0.5) is 0 Å². The van der Waals surface area contributed by atoms with E-state index in [0.29, 0.717) is 0 Å². The average Bonchev–Trinajstić information content (AvgIpc) is 2.40. The van der Waals surface area contributed by atoms with E-state index in [1.54, 1.807) is 0 Å². The van der Waals surface area contributed by atoms with Gasteiger partial charge in [-0.1, -0.05) is 60.7 Å². The smallest absolute Gasteiger partial charge is 0.310 e. The molecule has 1 nitrogen and oxygen atoms in total. The first-order valence-electron chi connectivity index (χ1n) is 6.11. The molecule has 0 aliphatic heterocycles. The lowest BCUT2D eigenvalue weighted by Crippen LogP contribution is -2.55. The minimum atomic E-state index is -2.50. The number of halogens is 2. The first kappa shape index (κ1) is 14.8. The average molecular weight is 327 g/mol. The molecule has 0 unspecified atom stereocenters. The van der Waals surface area contributed by atoms with Gasteiger partial charge < -0.3 is 4.12 Å². The van der Waals surface area contributed by atoms with Gasteiger partial charge in [0.15, 0.2) is 0 Å². The fraction of sp³-hybridized carbons (Fsp3) is 0.143. The van der Waals surface area contributed by atoms with Gasteiger partial charge in [0, 0.05) is 0 Å². The van der Waals surface area contributed by atoms with Crippen LogP contribution in [0.2, 0.25) is 13.1 Å². The van der Waals surface area contributed by atoms with Gasteiger partial charge in [0.2, 0.25) is 0 Å². The number of rotatable bonds is 4. The molecular formula is C14H16Cl2OSi2. The molecule has 0 fully saturated rings. The molecular weight excluding hydrogens is 311 g/mol. The van der Waals surface area contributed by atoms with Crippen molar-refractivity contribution in [2.45, 2.75) is 13.1 Å². The molecule has 19 heavy (non-hydrogen) atoms. The van der Waals surface area contributed by atoms with Crippen LogP contribution >= 0.6 is 22.2 Å². The van der Waals surface area contributed by atoms with Crippen LogP contribution in [0.15, 0.2) is 60.7 Å². The van der Waals surface area contributed by atoms with Gasteiger partial charge in [-0.05, 0) is 23.5 Å². The summed E-state index contributed by atoms with van der Waals surface area (Å²) in [6.07, 6.45) is 0. The molecule has 0 spiro atoms. The number of hydrogen-bond acceptors (Lipinski definition) is 1. The van der Waals surface area contributed by atoms with Gasteiger partial charge in [0.05, 0.1) is 0 Å². The van der Waals surface area contributed by atoms with E-state index in [1.165, 1.54) is 0 Å². The quantitative estimate of drug-likeness (QED) is 0.617. The van der Waals surface area contributed by atoms with Crippen LogP contribution in [-0.4, -0.2) is 15.3 Å². The van der Waals surface area contributed by atoms with Crippen LogP contribution < -0.4 is 10.4 Å². The second kappa shape index (κ2) is 5.81. The van der Waals surface area contributed by atoms with Crippen molar-refractivity contribution in [1.82, 2.24) is 0 Å². The van der Waals surface area contributed by atoms with Crippen LogP contribution in [-0.2, 0) is 4.12 Å². The standard InChI is InChI=1S/C14H16Cl2OSi2/c1-18(15,13-9-5-3-6-10-13)17-19(2,16)14-11-7-4-8-12-14/h3-12H,1-2H3/t18-,19-/m1/s1. The van der Waals surface area contributed by atoms with Crippen molar-refractivity contribution >= 4 is 47.8 Å². The predicted octanol–water partition coefficient (Wildman–Crippen LogP) is 3.44. The van der Waals surface area contributed by atoms with E-state index in [0.717, 1.165) is 10.4 Å². The molecule has 0 radical (unpaired) electrons. The molecule has 2 atom stereocenters. The normalized spacial score (nSPS) is 17.5. The summed E-state index contributed by atoms with van der Waals surface area (Å²) in [4.78, 5) is 0. The second-order valence-corrected chi connectivity index (χ2v) is 14.6.